The van der Waals surface area contributed by atoms with Crippen LogP contribution in [0.3, 0.4) is 0 Å². The van der Waals surface area contributed by atoms with Gasteiger partial charge < -0.3 is 9.73 Å². The zero-order valence-corrected chi connectivity index (χ0v) is 15.3. The summed E-state index contributed by atoms with van der Waals surface area (Å²) in [6.07, 6.45) is 0. The molecule has 24 heavy (non-hydrogen) atoms. The second kappa shape index (κ2) is 5.38. The molecule has 0 bridgehead atoms. The molecule has 4 aromatic rings. The highest BCUT2D eigenvalue weighted by Gasteiger charge is 2.16. The second-order valence-electron chi connectivity index (χ2n) is 7.31. The highest BCUT2D eigenvalue weighted by atomic mass is 32.1. The van der Waals surface area contributed by atoms with Gasteiger partial charge in [-0.15, -0.1) is 11.3 Å². The molecule has 2 aromatic carbocycles. The Morgan fingerprint density at radius 1 is 1.00 bits per heavy atom. The van der Waals surface area contributed by atoms with Gasteiger partial charge in [0.05, 0.1) is 10.4 Å². The van der Waals surface area contributed by atoms with Crippen molar-refractivity contribution in [2.75, 3.05) is 5.32 Å². The van der Waals surface area contributed by atoms with Gasteiger partial charge in [0.25, 0.3) is 0 Å². The topological polar surface area (TPSA) is 25.2 Å². The van der Waals surface area contributed by atoms with Crippen molar-refractivity contribution in [1.82, 2.24) is 0 Å². The van der Waals surface area contributed by atoms with E-state index in [1.165, 1.54) is 21.2 Å². The van der Waals surface area contributed by atoms with Gasteiger partial charge in [0.1, 0.15) is 5.58 Å². The number of hydrogen-bond donors (Lipinski definition) is 1. The van der Waals surface area contributed by atoms with Gasteiger partial charge in [0, 0.05) is 16.5 Å². The molecule has 0 spiro atoms. The summed E-state index contributed by atoms with van der Waals surface area (Å²) >= 11 is 1.73. The number of anilines is 2. The minimum atomic E-state index is 0.164. The van der Waals surface area contributed by atoms with Crippen molar-refractivity contribution in [3.63, 3.8) is 0 Å². The average molecular weight is 335 g/mol. The Labute approximate surface area is 146 Å². The Balaban J connectivity index is 1.74. The third kappa shape index (κ3) is 2.49. The number of nitrogens with one attached hydrogen (secondary N) is 1. The number of fused-ring (bicyclic) bond motifs is 3. The van der Waals surface area contributed by atoms with E-state index < -0.39 is 0 Å². The summed E-state index contributed by atoms with van der Waals surface area (Å²) in [7, 11) is 0. The molecule has 0 aliphatic heterocycles. The molecule has 0 saturated heterocycles. The van der Waals surface area contributed by atoms with Crippen molar-refractivity contribution < 1.29 is 4.42 Å². The third-order valence-corrected chi connectivity index (χ3v) is 5.45. The van der Waals surface area contributed by atoms with E-state index in [1.807, 2.05) is 12.1 Å². The van der Waals surface area contributed by atoms with Crippen LogP contribution in [-0.2, 0) is 5.41 Å². The molecule has 0 aliphatic rings. The van der Waals surface area contributed by atoms with Gasteiger partial charge in [-0.05, 0) is 41.7 Å². The van der Waals surface area contributed by atoms with Gasteiger partial charge in [0.15, 0.2) is 5.58 Å². The summed E-state index contributed by atoms with van der Waals surface area (Å²) in [6.45, 7) is 8.88. The molecule has 0 radical (unpaired) electrons. The minimum Gasteiger partial charge on any atom is -0.453 e. The molecular formula is C21H21NOS. The Hall–Kier alpha value is -2.26. The Morgan fingerprint density at radius 2 is 1.79 bits per heavy atom. The first-order valence-corrected chi connectivity index (χ1v) is 9.08. The van der Waals surface area contributed by atoms with Crippen LogP contribution in [0, 0.1) is 6.92 Å². The molecule has 0 unspecified atom stereocenters. The summed E-state index contributed by atoms with van der Waals surface area (Å²) < 4.78 is 7.27. The molecule has 0 amide bonds. The standard InChI is InChI=1S/C21H21NOS/c1-13-11-14(21(2,3)4)9-10-16(13)22-17-12-24-20-15-7-5-6-8-18(15)23-19(17)20/h5-12,22H,1-4H3. The zero-order valence-electron chi connectivity index (χ0n) is 14.4. The predicted octanol–water partition coefficient (Wildman–Crippen LogP) is 7.00. The third-order valence-electron chi connectivity index (χ3n) is 4.45. The number of benzene rings is 2. The summed E-state index contributed by atoms with van der Waals surface area (Å²) in [5, 5.41) is 6.87. The Bertz CT molecular complexity index is 1030. The van der Waals surface area contributed by atoms with Gasteiger partial charge in [-0.25, -0.2) is 0 Å². The van der Waals surface area contributed by atoms with Gasteiger partial charge >= 0.3 is 0 Å². The van der Waals surface area contributed by atoms with E-state index in [0.29, 0.717) is 0 Å². The SMILES string of the molecule is Cc1cc(C(C)(C)C)ccc1Nc1csc2c1oc1ccccc12. The summed E-state index contributed by atoms with van der Waals surface area (Å²) in [4.78, 5) is 0. The summed E-state index contributed by atoms with van der Waals surface area (Å²) in [5.74, 6) is 0. The smallest absolute Gasteiger partial charge is 0.169 e. The lowest BCUT2D eigenvalue weighted by Gasteiger charge is -2.20. The van der Waals surface area contributed by atoms with E-state index >= 15 is 0 Å². The molecule has 1 N–H and O–H groups in total. The molecular weight excluding hydrogens is 314 g/mol. The zero-order chi connectivity index (χ0) is 16.9. The molecule has 0 saturated carbocycles. The van der Waals surface area contributed by atoms with Crippen molar-refractivity contribution >= 4 is 44.0 Å². The van der Waals surface area contributed by atoms with E-state index in [9.17, 15) is 0 Å². The number of furan rings is 1. The van der Waals surface area contributed by atoms with Crippen LogP contribution in [0.1, 0.15) is 31.9 Å². The van der Waals surface area contributed by atoms with Crippen LogP contribution < -0.4 is 5.32 Å². The highest BCUT2D eigenvalue weighted by molar-refractivity contribution is 7.18. The molecule has 2 heterocycles. The normalized spacial score (nSPS) is 12.2. The average Bonchev–Trinajstić information content (AvgIpc) is 3.08. The number of hydrogen-bond acceptors (Lipinski definition) is 3. The lowest BCUT2D eigenvalue weighted by atomic mass is 9.86. The quantitative estimate of drug-likeness (QED) is 0.427. The van der Waals surface area contributed by atoms with Crippen LogP contribution in [0.5, 0.6) is 0 Å². The lowest BCUT2D eigenvalue weighted by molar-refractivity contribution is 0.590. The molecule has 0 atom stereocenters. The van der Waals surface area contributed by atoms with E-state index in [-0.39, 0.29) is 5.41 Å². The first-order chi connectivity index (χ1) is 11.4. The van der Waals surface area contributed by atoms with Gasteiger partial charge in [-0.2, -0.15) is 0 Å². The molecule has 0 fully saturated rings. The van der Waals surface area contributed by atoms with E-state index in [1.54, 1.807) is 11.3 Å². The van der Waals surface area contributed by atoms with Crippen LogP contribution in [0.25, 0.3) is 21.3 Å². The molecule has 3 heteroatoms. The van der Waals surface area contributed by atoms with E-state index in [4.69, 9.17) is 4.42 Å². The van der Waals surface area contributed by atoms with Gasteiger partial charge in [-0.3, -0.25) is 0 Å². The maximum atomic E-state index is 6.06. The molecule has 4 rings (SSSR count). The van der Waals surface area contributed by atoms with Crippen molar-refractivity contribution in [1.29, 1.82) is 0 Å². The largest absolute Gasteiger partial charge is 0.453 e. The highest BCUT2D eigenvalue weighted by Crippen LogP contribution is 2.40. The molecule has 2 nitrogen and oxygen atoms in total. The molecule has 122 valence electrons. The number of para-hydroxylation sites is 1. The molecule has 2 aromatic heterocycles. The van der Waals surface area contributed by atoms with Crippen molar-refractivity contribution in [2.45, 2.75) is 33.1 Å². The molecule has 0 aliphatic carbocycles. The number of rotatable bonds is 2. The lowest BCUT2D eigenvalue weighted by Crippen LogP contribution is -2.11. The maximum Gasteiger partial charge on any atom is 0.169 e. The Kier molecular flexibility index (Phi) is 3.43. The number of aryl methyl sites for hydroxylation is 1. The fourth-order valence-corrected chi connectivity index (χ4v) is 3.95. The van der Waals surface area contributed by atoms with E-state index in [0.717, 1.165) is 22.5 Å². The fourth-order valence-electron chi connectivity index (χ4n) is 2.99. The van der Waals surface area contributed by atoms with Crippen LogP contribution in [0.2, 0.25) is 0 Å². The van der Waals surface area contributed by atoms with Crippen LogP contribution in [-0.4, -0.2) is 0 Å². The monoisotopic (exact) mass is 335 g/mol. The van der Waals surface area contributed by atoms with Crippen molar-refractivity contribution in [2.24, 2.45) is 0 Å². The van der Waals surface area contributed by atoms with Crippen molar-refractivity contribution in [3.05, 3.63) is 59.0 Å². The maximum absolute atomic E-state index is 6.06. The van der Waals surface area contributed by atoms with Crippen LogP contribution in [0.4, 0.5) is 11.4 Å². The van der Waals surface area contributed by atoms with Gasteiger partial charge in [-0.1, -0.05) is 45.0 Å². The van der Waals surface area contributed by atoms with Crippen LogP contribution in [0.15, 0.2) is 52.3 Å². The fraction of sp³-hybridized carbons (Fsp3) is 0.238. The first kappa shape index (κ1) is 15.3. The van der Waals surface area contributed by atoms with Crippen LogP contribution >= 0.6 is 11.3 Å². The van der Waals surface area contributed by atoms with Gasteiger partial charge in [0.2, 0.25) is 0 Å². The minimum absolute atomic E-state index is 0.164. The predicted molar refractivity (Wildman–Crippen MR) is 105 cm³/mol. The summed E-state index contributed by atoms with van der Waals surface area (Å²) in [6, 6.07) is 14.8. The van der Waals surface area contributed by atoms with Crippen molar-refractivity contribution in [3.8, 4) is 0 Å². The van der Waals surface area contributed by atoms with E-state index in [2.05, 4.69) is 68.7 Å². The Morgan fingerprint density at radius 3 is 2.54 bits per heavy atom. The summed E-state index contributed by atoms with van der Waals surface area (Å²) in [5.41, 5.74) is 6.82. The first-order valence-electron chi connectivity index (χ1n) is 8.20. The number of thiophene rings is 1. The second-order valence-corrected chi connectivity index (χ2v) is 8.19.